The molecule has 1 aliphatic rings. The molecule has 0 aromatic carbocycles. The molecule has 0 aliphatic carbocycles. The Kier molecular flexibility index (Phi) is 16.3. The predicted octanol–water partition coefficient (Wildman–Crippen LogP) is 4.68. The molecule has 0 aromatic rings. The third-order valence-electron chi connectivity index (χ3n) is 3.41. The van der Waals surface area contributed by atoms with E-state index < -0.39 is 35.0 Å². The number of hydrogen-bond acceptors (Lipinski definition) is 6. The highest BCUT2D eigenvalue weighted by Gasteiger charge is 2.41. The zero-order valence-electron chi connectivity index (χ0n) is 18.6. The lowest BCUT2D eigenvalue weighted by atomic mass is 9.90. The van der Waals surface area contributed by atoms with Crippen LogP contribution in [0.3, 0.4) is 0 Å². The molecule has 0 aromatic heterocycles. The van der Waals surface area contributed by atoms with Gasteiger partial charge < -0.3 is 14.2 Å². The first-order valence-corrected chi connectivity index (χ1v) is 9.71. The molecule has 1 heterocycles. The minimum atomic E-state index is -1.44. The number of esters is 3. The van der Waals surface area contributed by atoms with E-state index in [0.29, 0.717) is 12.8 Å². The monoisotopic (exact) mass is 376 g/mol. The first-order chi connectivity index (χ1) is 12.1. The minimum absolute atomic E-state index is 0.236. The largest absolute Gasteiger partial charge is 0.463 e. The normalized spacial score (nSPS) is 15.7. The molecule has 1 unspecified atom stereocenters. The molecule has 1 saturated heterocycles. The first-order valence-electron chi connectivity index (χ1n) is 9.71. The van der Waals surface area contributed by atoms with Crippen LogP contribution in [0.1, 0.15) is 89.0 Å². The van der Waals surface area contributed by atoms with Crippen molar-refractivity contribution in [2.75, 3.05) is 6.61 Å². The highest BCUT2D eigenvalue weighted by molar-refractivity contribution is 5.87. The van der Waals surface area contributed by atoms with Crippen molar-refractivity contribution < 1.29 is 28.6 Å². The lowest BCUT2D eigenvalue weighted by Gasteiger charge is -2.29. The van der Waals surface area contributed by atoms with Crippen molar-refractivity contribution in [2.45, 2.75) is 101 Å². The van der Waals surface area contributed by atoms with E-state index in [1.165, 1.54) is 13.8 Å². The standard InChI is InChI=1S/C14H22O6.3C2H6/c1-6-13(2,3)11(16)20-14(4,5)12(17)19-9-7-8-18-10(9)15;3*1-2/h9H,6-8H2,1-5H3;3*1-2H3. The fraction of sp³-hybridized carbons (Fsp3) is 0.850. The highest BCUT2D eigenvalue weighted by Crippen LogP contribution is 2.26. The highest BCUT2D eigenvalue weighted by atomic mass is 16.6. The van der Waals surface area contributed by atoms with E-state index in [1.54, 1.807) is 13.8 Å². The van der Waals surface area contributed by atoms with Gasteiger partial charge in [-0.15, -0.1) is 0 Å². The van der Waals surface area contributed by atoms with Gasteiger partial charge >= 0.3 is 17.9 Å². The van der Waals surface area contributed by atoms with Crippen LogP contribution in [0.15, 0.2) is 0 Å². The van der Waals surface area contributed by atoms with Crippen LogP contribution < -0.4 is 0 Å². The fourth-order valence-corrected chi connectivity index (χ4v) is 1.41. The lowest BCUT2D eigenvalue weighted by molar-refractivity contribution is -0.188. The van der Waals surface area contributed by atoms with E-state index in [-0.39, 0.29) is 6.61 Å². The van der Waals surface area contributed by atoms with Gasteiger partial charge in [-0.05, 0) is 34.1 Å². The molecule has 0 saturated carbocycles. The Morgan fingerprint density at radius 3 is 1.81 bits per heavy atom. The summed E-state index contributed by atoms with van der Waals surface area (Å²) in [6, 6.07) is 0. The predicted molar refractivity (Wildman–Crippen MR) is 104 cm³/mol. The maximum Gasteiger partial charge on any atom is 0.350 e. The molecular formula is C20H40O6. The number of cyclic esters (lactones) is 1. The van der Waals surface area contributed by atoms with Gasteiger partial charge in [0.05, 0.1) is 12.0 Å². The van der Waals surface area contributed by atoms with Crippen molar-refractivity contribution in [2.24, 2.45) is 5.41 Å². The van der Waals surface area contributed by atoms with Gasteiger partial charge in [-0.1, -0.05) is 48.5 Å². The summed E-state index contributed by atoms with van der Waals surface area (Å²) in [5.74, 6) is -1.79. The number of rotatable bonds is 5. The Hall–Kier alpha value is -1.59. The molecule has 1 fully saturated rings. The van der Waals surface area contributed by atoms with E-state index in [9.17, 15) is 14.4 Å². The molecule has 0 amide bonds. The van der Waals surface area contributed by atoms with Crippen molar-refractivity contribution in [3.63, 3.8) is 0 Å². The Balaban J connectivity index is -0.000000795. The molecule has 6 nitrogen and oxygen atoms in total. The molecule has 0 bridgehead atoms. The van der Waals surface area contributed by atoms with Crippen LogP contribution in [-0.2, 0) is 28.6 Å². The van der Waals surface area contributed by atoms with Crippen LogP contribution in [-0.4, -0.2) is 36.2 Å². The molecular weight excluding hydrogens is 336 g/mol. The minimum Gasteiger partial charge on any atom is -0.463 e. The first kappa shape index (κ1) is 29.2. The summed E-state index contributed by atoms with van der Waals surface area (Å²) in [5.41, 5.74) is -2.11. The van der Waals surface area contributed by atoms with Gasteiger partial charge in [0, 0.05) is 6.42 Å². The fourth-order valence-electron chi connectivity index (χ4n) is 1.41. The SMILES string of the molecule is CC.CC.CC.CCC(C)(C)C(=O)OC(C)(C)C(=O)OC1CCOC1=O. The summed E-state index contributed by atoms with van der Waals surface area (Å²) in [7, 11) is 0. The number of carbonyl (C=O) groups excluding carboxylic acids is 3. The van der Waals surface area contributed by atoms with Gasteiger partial charge in [0.1, 0.15) is 0 Å². The van der Waals surface area contributed by atoms with Crippen molar-refractivity contribution in [3.05, 3.63) is 0 Å². The second-order valence-corrected chi connectivity index (χ2v) is 5.99. The summed E-state index contributed by atoms with van der Waals surface area (Å²) in [5, 5.41) is 0. The molecule has 26 heavy (non-hydrogen) atoms. The Labute approximate surface area is 160 Å². The van der Waals surface area contributed by atoms with Crippen LogP contribution in [0.4, 0.5) is 0 Å². The van der Waals surface area contributed by atoms with E-state index in [1.807, 2.05) is 48.5 Å². The molecule has 1 rings (SSSR count). The van der Waals surface area contributed by atoms with Crippen LogP contribution >= 0.6 is 0 Å². The van der Waals surface area contributed by atoms with Crippen LogP contribution in [0.2, 0.25) is 0 Å². The average Bonchev–Trinajstić information content (AvgIpc) is 3.04. The molecule has 156 valence electrons. The number of hydrogen-bond donors (Lipinski definition) is 0. The molecule has 0 spiro atoms. The quantitative estimate of drug-likeness (QED) is 0.512. The Bertz CT molecular complexity index is 413. The van der Waals surface area contributed by atoms with Gasteiger partial charge in [0.2, 0.25) is 11.7 Å². The molecule has 6 heteroatoms. The Morgan fingerprint density at radius 1 is 1.00 bits per heavy atom. The molecule has 0 radical (unpaired) electrons. The molecule has 0 N–H and O–H groups in total. The van der Waals surface area contributed by atoms with Gasteiger partial charge in [0.25, 0.3) is 0 Å². The number of carbonyl (C=O) groups is 3. The molecule has 1 atom stereocenters. The van der Waals surface area contributed by atoms with Gasteiger partial charge in [-0.3, -0.25) is 4.79 Å². The van der Waals surface area contributed by atoms with Crippen LogP contribution in [0.5, 0.6) is 0 Å². The third kappa shape index (κ3) is 9.78. The van der Waals surface area contributed by atoms with Crippen LogP contribution in [0, 0.1) is 5.41 Å². The zero-order chi connectivity index (χ0) is 21.6. The van der Waals surface area contributed by atoms with Crippen LogP contribution in [0.25, 0.3) is 0 Å². The summed E-state index contributed by atoms with van der Waals surface area (Å²) >= 11 is 0. The molecule has 1 aliphatic heterocycles. The second-order valence-electron chi connectivity index (χ2n) is 5.99. The zero-order valence-corrected chi connectivity index (χ0v) is 18.6. The maximum atomic E-state index is 12.0. The van der Waals surface area contributed by atoms with Gasteiger partial charge in [-0.2, -0.15) is 0 Å². The topological polar surface area (TPSA) is 78.9 Å². The van der Waals surface area contributed by atoms with Gasteiger partial charge in [0.15, 0.2) is 0 Å². The summed E-state index contributed by atoms with van der Waals surface area (Å²) < 4.78 is 15.0. The van der Waals surface area contributed by atoms with Crippen molar-refractivity contribution in [3.8, 4) is 0 Å². The maximum absolute atomic E-state index is 12.0. The summed E-state index contributed by atoms with van der Waals surface area (Å²) in [4.78, 5) is 35.3. The van der Waals surface area contributed by atoms with Crippen molar-refractivity contribution >= 4 is 17.9 Å². The van der Waals surface area contributed by atoms with E-state index in [2.05, 4.69) is 0 Å². The second kappa shape index (κ2) is 14.6. The average molecular weight is 377 g/mol. The van der Waals surface area contributed by atoms with E-state index in [0.717, 1.165) is 0 Å². The summed E-state index contributed by atoms with van der Waals surface area (Å²) in [6.45, 7) is 20.5. The van der Waals surface area contributed by atoms with Crippen molar-refractivity contribution in [1.29, 1.82) is 0 Å². The van der Waals surface area contributed by atoms with E-state index >= 15 is 0 Å². The lowest BCUT2D eigenvalue weighted by Crippen LogP contribution is -2.44. The van der Waals surface area contributed by atoms with Gasteiger partial charge in [-0.25, -0.2) is 9.59 Å². The van der Waals surface area contributed by atoms with E-state index in [4.69, 9.17) is 14.2 Å². The third-order valence-corrected chi connectivity index (χ3v) is 3.41. The number of ether oxygens (including phenoxy) is 3. The smallest absolute Gasteiger partial charge is 0.350 e. The Morgan fingerprint density at radius 2 is 1.46 bits per heavy atom. The van der Waals surface area contributed by atoms with Crippen molar-refractivity contribution in [1.82, 2.24) is 0 Å². The summed E-state index contributed by atoms with van der Waals surface area (Å²) in [6.07, 6.45) is 0.0145.